The average molecular weight is 295 g/mol. The molecule has 0 amide bonds. The van der Waals surface area contributed by atoms with Gasteiger partial charge in [0.15, 0.2) is 0 Å². The quantitative estimate of drug-likeness (QED) is 0.772. The second kappa shape index (κ2) is 5.69. The maximum atomic E-state index is 11.3. The number of benzene rings is 1. The van der Waals surface area contributed by atoms with Crippen LogP contribution in [0.2, 0.25) is 0 Å². The average Bonchev–Trinajstić information content (AvgIpc) is 2.96. The minimum absolute atomic E-state index is 0.106. The molecule has 2 heterocycles. The number of ether oxygens (including phenoxy) is 1. The van der Waals surface area contributed by atoms with E-state index in [1.807, 2.05) is 24.3 Å². The molecular weight excluding hydrogens is 282 g/mol. The molecule has 6 nitrogen and oxygen atoms in total. The number of hydrogen-bond acceptors (Lipinski definition) is 4. The number of fused-ring (bicyclic) bond motifs is 1. The fourth-order valence-corrected chi connectivity index (χ4v) is 2.26. The highest BCUT2D eigenvalue weighted by Gasteiger charge is 2.17. The van der Waals surface area contributed by atoms with E-state index in [9.17, 15) is 9.90 Å². The van der Waals surface area contributed by atoms with Crippen LogP contribution in [0.25, 0.3) is 23.1 Å². The van der Waals surface area contributed by atoms with Gasteiger partial charge >= 0.3 is 5.97 Å². The number of nitrogens with zero attached hydrogens (tertiary/aromatic N) is 2. The third kappa shape index (κ3) is 2.42. The standard InChI is InChI=1S/C16H13N3O3/c1-22-15-11(16(20)21)3-5-13-14(15)12(18-19-13)4-2-10-6-8-17-9-7-10/h2-9H,1H3,(H,18,19)(H,20,21). The molecule has 1 aromatic carbocycles. The van der Waals surface area contributed by atoms with Gasteiger partial charge in [0.2, 0.25) is 0 Å². The third-order valence-electron chi connectivity index (χ3n) is 3.28. The molecule has 6 heteroatoms. The molecule has 0 atom stereocenters. The lowest BCUT2D eigenvalue weighted by atomic mass is 10.1. The maximum Gasteiger partial charge on any atom is 0.339 e. The molecule has 0 bridgehead atoms. The van der Waals surface area contributed by atoms with Gasteiger partial charge in [-0.2, -0.15) is 5.10 Å². The first-order valence-electron chi connectivity index (χ1n) is 6.57. The number of H-pyrrole nitrogens is 1. The van der Waals surface area contributed by atoms with Crippen molar-refractivity contribution in [3.8, 4) is 5.75 Å². The van der Waals surface area contributed by atoms with Gasteiger partial charge in [-0.3, -0.25) is 10.1 Å². The predicted molar refractivity (Wildman–Crippen MR) is 82.8 cm³/mol. The van der Waals surface area contributed by atoms with E-state index in [1.54, 1.807) is 18.5 Å². The molecule has 110 valence electrons. The number of aromatic amines is 1. The maximum absolute atomic E-state index is 11.3. The van der Waals surface area contributed by atoms with Crippen LogP contribution in [0.1, 0.15) is 21.6 Å². The molecular formula is C16H13N3O3. The van der Waals surface area contributed by atoms with E-state index < -0.39 is 5.97 Å². The van der Waals surface area contributed by atoms with Gasteiger partial charge in [-0.1, -0.05) is 6.08 Å². The van der Waals surface area contributed by atoms with Crippen molar-refractivity contribution in [2.75, 3.05) is 7.11 Å². The summed E-state index contributed by atoms with van der Waals surface area (Å²) in [6.07, 6.45) is 7.09. The Bertz CT molecular complexity index is 854. The van der Waals surface area contributed by atoms with Crippen molar-refractivity contribution in [2.24, 2.45) is 0 Å². The molecule has 22 heavy (non-hydrogen) atoms. The molecule has 0 aliphatic carbocycles. The van der Waals surface area contributed by atoms with Crippen LogP contribution < -0.4 is 4.74 Å². The van der Waals surface area contributed by atoms with Gasteiger partial charge in [-0.25, -0.2) is 4.79 Å². The van der Waals surface area contributed by atoms with Crippen LogP contribution in [0.3, 0.4) is 0 Å². The highest BCUT2D eigenvalue weighted by atomic mass is 16.5. The van der Waals surface area contributed by atoms with Gasteiger partial charge in [0.05, 0.1) is 23.7 Å². The van der Waals surface area contributed by atoms with Crippen LogP contribution in [0.15, 0.2) is 36.7 Å². The fourth-order valence-electron chi connectivity index (χ4n) is 2.26. The Hall–Kier alpha value is -3.15. The first-order chi connectivity index (χ1) is 10.7. The predicted octanol–water partition coefficient (Wildman–Crippen LogP) is 2.84. The molecule has 0 radical (unpaired) electrons. The summed E-state index contributed by atoms with van der Waals surface area (Å²) in [5.74, 6) is -0.739. The van der Waals surface area contributed by atoms with Crippen LogP contribution in [0.5, 0.6) is 5.75 Å². The molecule has 2 aromatic heterocycles. The number of methoxy groups -OCH3 is 1. The number of hydrogen-bond donors (Lipinski definition) is 2. The van der Waals surface area contributed by atoms with Crippen molar-refractivity contribution in [1.29, 1.82) is 0 Å². The minimum Gasteiger partial charge on any atom is -0.495 e. The van der Waals surface area contributed by atoms with Gasteiger partial charge in [0.1, 0.15) is 11.3 Å². The fraction of sp³-hybridized carbons (Fsp3) is 0.0625. The molecule has 2 N–H and O–H groups in total. The molecule has 0 saturated carbocycles. The van der Waals surface area contributed by atoms with Gasteiger partial charge in [0.25, 0.3) is 0 Å². The highest BCUT2D eigenvalue weighted by Crippen LogP contribution is 2.32. The summed E-state index contributed by atoms with van der Waals surface area (Å²) in [5, 5.41) is 17.0. The van der Waals surface area contributed by atoms with Crippen LogP contribution in [-0.2, 0) is 0 Å². The first-order valence-corrected chi connectivity index (χ1v) is 6.57. The van der Waals surface area contributed by atoms with Crippen LogP contribution >= 0.6 is 0 Å². The molecule has 0 aliphatic heterocycles. The van der Waals surface area contributed by atoms with Crippen molar-refractivity contribution in [3.05, 3.63) is 53.5 Å². The Kier molecular flexibility index (Phi) is 3.57. The monoisotopic (exact) mass is 295 g/mol. The van der Waals surface area contributed by atoms with Crippen molar-refractivity contribution in [2.45, 2.75) is 0 Å². The molecule has 0 fully saturated rings. The summed E-state index contributed by atoms with van der Waals surface area (Å²) >= 11 is 0. The number of nitrogens with one attached hydrogen (secondary N) is 1. The van der Waals surface area contributed by atoms with E-state index in [1.165, 1.54) is 13.2 Å². The van der Waals surface area contributed by atoms with E-state index in [2.05, 4.69) is 15.2 Å². The van der Waals surface area contributed by atoms with Gasteiger partial charge < -0.3 is 9.84 Å². The minimum atomic E-state index is -1.04. The summed E-state index contributed by atoms with van der Waals surface area (Å²) in [7, 11) is 1.45. The molecule has 3 aromatic rings. The van der Waals surface area contributed by atoms with Gasteiger partial charge in [0, 0.05) is 12.4 Å². The number of rotatable bonds is 4. The normalized spacial score (nSPS) is 11.1. The third-order valence-corrected chi connectivity index (χ3v) is 3.28. The molecule has 0 spiro atoms. The summed E-state index contributed by atoms with van der Waals surface area (Å²) in [6, 6.07) is 6.91. The Morgan fingerprint density at radius 3 is 2.68 bits per heavy atom. The number of aromatic carboxylic acids is 1. The van der Waals surface area contributed by atoms with Crippen LogP contribution in [0.4, 0.5) is 0 Å². The highest BCUT2D eigenvalue weighted by molar-refractivity contribution is 6.02. The van der Waals surface area contributed by atoms with E-state index in [4.69, 9.17) is 4.74 Å². The number of pyridine rings is 1. The summed E-state index contributed by atoms with van der Waals surface area (Å²) < 4.78 is 5.29. The Balaban J connectivity index is 2.12. The smallest absolute Gasteiger partial charge is 0.339 e. The van der Waals surface area contributed by atoms with Crippen LogP contribution in [-0.4, -0.2) is 33.4 Å². The number of carboxylic acid groups (broad SMARTS) is 1. The molecule has 3 rings (SSSR count). The van der Waals surface area contributed by atoms with Crippen molar-refractivity contribution < 1.29 is 14.6 Å². The lowest BCUT2D eigenvalue weighted by Crippen LogP contribution is -2.00. The SMILES string of the molecule is COc1c(C(=O)O)ccc2[nH]nc(C=Cc3ccncc3)c12. The van der Waals surface area contributed by atoms with Crippen molar-refractivity contribution in [1.82, 2.24) is 15.2 Å². The zero-order valence-electron chi connectivity index (χ0n) is 11.8. The van der Waals surface area contributed by atoms with E-state index >= 15 is 0 Å². The number of carboxylic acids is 1. The zero-order chi connectivity index (χ0) is 15.5. The Labute approximate surface area is 126 Å². The van der Waals surface area contributed by atoms with E-state index in [0.29, 0.717) is 16.8 Å². The largest absolute Gasteiger partial charge is 0.495 e. The van der Waals surface area contributed by atoms with Crippen molar-refractivity contribution in [3.63, 3.8) is 0 Å². The molecule has 0 unspecified atom stereocenters. The zero-order valence-corrected chi connectivity index (χ0v) is 11.8. The summed E-state index contributed by atoms with van der Waals surface area (Å²) in [5.41, 5.74) is 2.41. The summed E-state index contributed by atoms with van der Waals surface area (Å²) in [6.45, 7) is 0. The van der Waals surface area contributed by atoms with Gasteiger partial charge in [-0.15, -0.1) is 0 Å². The van der Waals surface area contributed by atoms with Crippen molar-refractivity contribution >= 4 is 29.0 Å². The Morgan fingerprint density at radius 1 is 1.23 bits per heavy atom. The molecule has 0 saturated heterocycles. The lowest BCUT2D eigenvalue weighted by molar-refractivity contribution is 0.0693. The second-order valence-corrected chi connectivity index (χ2v) is 4.60. The topological polar surface area (TPSA) is 88.1 Å². The first kappa shape index (κ1) is 13.8. The van der Waals surface area contributed by atoms with E-state index in [-0.39, 0.29) is 5.56 Å². The second-order valence-electron chi connectivity index (χ2n) is 4.60. The van der Waals surface area contributed by atoms with Gasteiger partial charge in [-0.05, 0) is 35.9 Å². The Morgan fingerprint density at radius 2 is 2.00 bits per heavy atom. The van der Waals surface area contributed by atoms with Crippen LogP contribution in [0, 0.1) is 0 Å². The number of aromatic nitrogens is 3. The summed E-state index contributed by atoms with van der Waals surface area (Å²) in [4.78, 5) is 15.3. The van der Waals surface area contributed by atoms with E-state index in [0.717, 1.165) is 11.1 Å². The number of carbonyl (C=O) groups is 1. The molecule has 0 aliphatic rings. The lowest BCUT2D eigenvalue weighted by Gasteiger charge is -2.06.